The number of carbonyl (C=O) groups excluding carboxylic acids is 1. The molecule has 0 aliphatic heterocycles. The molecule has 0 aliphatic carbocycles. The van der Waals surface area contributed by atoms with E-state index in [1.165, 1.54) is 0 Å². The van der Waals surface area contributed by atoms with E-state index in [4.69, 9.17) is 17.3 Å². The van der Waals surface area contributed by atoms with Crippen LogP contribution in [0.15, 0.2) is 24.3 Å². The second-order valence-corrected chi connectivity index (χ2v) is 5.05. The predicted octanol–water partition coefficient (Wildman–Crippen LogP) is 2.89. The zero-order chi connectivity index (χ0) is 13.5. The molecular formula is C14H21ClN2O. The van der Waals surface area contributed by atoms with Gasteiger partial charge in [0.1, 0.15) is 0 Å². The third-order valence-electron chi connectivity index (χ3n) is 3.02. The Hall–Kier alpha value is -1.06. The molecule has 0 heterocycles. The number of halogens is 1. The Kier molecular flexibility index (Phi) is 6.16. The fourth-order valence-corrected chi connectivity index (χ4v) is 1.87. The Balaban J connectivity index is 2.51. The zero-order valence-electron chi connectivity index (χ0n) is 10.9. The third kappa shape index (κ3) is 4.67. The molecule has 18 heavy (non-hydrogen) atoms. The van der Waals surface area contributed by atoms with Crippen molar-refractivity contribution in [3.05, 3.63) is 34.9 Å². The summed E-state index contributed by atoms with van der Waals surface area (Å²) in [7, 11) is 0. The molecule has 0 fully saturated rings. The quantitative estimate of drug-likeness (QED) is 0.834. The number of nitrogens with two attached hydrogens (primary N) is 1. The van der Waals surface area contributed by atoms with Gasteiger partial charge in [-0.3, -0.25) is 4.79 Å². The van der Waals surface area contributed by atoms with E-state index in [-0.39, 0.29) is 17.9 Å². The van der Waals surface area contributed by atoms with Crippen molar-refractivity contribution < 1.29 is 4.79 Å². The van der Waals surface area contributed by atoms with E-state index in [0.29, 0.717) is 11.6 Å². The topological polar surface area (TPSA) is 55.1 Å². The molecule has 0 radical (unpaired) electrons. The van der Waals surface area contributed by atoms with Gasteiger partial charge in [-0.25, -0.2) is 0 Å². The van der Waals surface area contributed by atoms with Crippen LogP contribution in [-0.2, 0) is 4.79 Å². The highest BCUT2D eigenvalue weighted by molar-refractivity contribution is 6.30. The molecule has 0 saturated carbocycles. The van der Waals surface area contributed by atoms with E-state index < -0.39 is 0 Å². The normalized spacial score (nSPS) is 14.0. The van der Waals surface area contributed by atoms with E-state index in [2.05, 4.69) is 5.32 Å². The number of rotatable bonds is 6. The Morgan fingerprint density at radius 2 is 1.94 bits per heavy atom. The van der Waals surface area contributed by atoms with Gasteiger partial charge in [-0.15, -0.1) is 0 Å². The third-order valence-corrected chi connectivity index (χ3v) is 3.27. The van der Waals surface area contributed by atoms with Crippen molar-refractivity contribution in [3.63, 3.8) is 0 Å². The van der Waals surface area contributed by atoms with Crippen molar-refractivity contribution in [2.24, 2.45) is 11.7 Å². The molecule has 1 unspecified atom stereocenters. The van der Waals surface area contributed by atoms with Crippen LogP contribution in [0.2, 0.25) is 5.02 Å². The maximum Gasteiger partial charge on any atom is 0.223 e. The molecule has 0 bridgehead atoms. The molecular weight excluding hydrogens is 248 g/mol. The van der Waals surface area contributed by atoms with Gasteiger partial charge in [0.2, 0.25) is 5.91 Å². The predicted molar refractivity (Wildman–Crippen MR) is 75.5 cm³/mol. The summed E-state index contributed by atoms with van der Waals surface area (Å²) in [6.45, 7) is 4.53. The molecule has 0 aromatic heterocycles. The van der Waals surface area contributed by atoms with Crippen LogP contribution in [0.5, 0.6) is 0 Å². The summed E-state index contributed by atoms with van der Waals surface area (Å²) in [5, 5.41) is 3.70. The van der Waals surface area contributed by atoms with Crippen LogP contribution in [-0.4, -0.2) is 12.5 Å². The van der Waals surface area contributed by atoms with Crippen LogP contribution in [0, 0.1) is 5.92 Å². The van der Waals surface area contributed by atoms with E-state index in [9.17, 15) is 4.79 Å². The van der Waals surface area contributed by atoms with Crippen LogP contribution in [0.3, 0.4) is 0 Å². The highest BCUT2D eigenvalue weighted by atomic mass is 35.5. The van der Waals surface area contributed by atoms with E-state index in [1.54, 1.807) is 0 Å². The highest BCUT2D eigenvalue weighted by Crippen LogP contribution is 2.17. The molecule has 0 saturated heterocycles. The van der Waals surface area contributed by atoms with Crippen LogP contribution in [0.1, 0.15) is 38.3 Å². The minimum atomic E-state index is -0.00454. The molecule has 0 aliphatic rings. The summed E-state index contributed by atoms with van der Waals surface area (Å²) in [6.07, 6.45) is 1.71. The Morgan fingerprint density at radius 1 is 1.33 bits per heavy atom. The summed E-state index contributed by atoms with van der Waals surface area (Å²) >= 11 is 5.83. The first-order valence-electron chi connectivity index (χ1n) is 6.30. The van der Waals surface area contributed by atoms with Gasteiger partial charge in [0.15, 0.2) is 0 Å². The van der Waals surface area contributed by atoms with Crippen molar-refractivity contribution in [1.29, 1.82) is 0 Å². The van der Waals surface area contributed by atoms with Crippen molar-refractivity contribution in [3.8, 4) is 0 Å². The van der Waals surface area contributed by atoms with Crippen LogP contribution >= 0.6 is 11.6 Å². The first-order chi connectivity index (χ1) is 8.54. The Morgan fingerprint density at radius 3 is 2.50 bits per heavy atom. The van der Waals surface area contributed by atoms with Gasteiger partial charge in [0.05, 0.1) is 6.04 Å². The van der Waals surface area contributed by atoms with Crippen LogP contribution in [0.4, 0.5) is 0 Å². The number of hydrogen-bond acceptors (Lipinski definition) is 2. The number of nitrogens with one attached hydrogen (secondary N) is 1. The van der Waals surface area contributed by atoms with Crippen molar-refractivity contribution >= 4 is 17.5 Å². The highest BCUT2D eigenvalue weighted by Gasteiger charge is 2.15. The SMILES string of the molecule is CC(CCCN)C(=O)N[C@@H](C)c1ccc(Cl)cc1. The lowest BCUT2D eigenvalue weighted by Gasteiger charge is -2.17. The van der Waals surface area contributed by atoms with Gasteiger partial charge >= 0.3 is 0 Å². The summed E-state index contributed by atoms with van der Waals surface area (Å²) in [4.78, 5) is 11.9. The monoisotopic (exact) mass is 268 g/mol. The Bertz CT molecular complexity index is 378. The van der Waals surface area contributed by atoms with Gasteiger partial charge in [-0.2, -0.15) is 0 Å². The molecule has 2 atom stereocenters. The summed E-state index contributed by atoms with van der Waals surface area (Å²) < 4.78 is 0. The number of benzene rings is 1. The maximum absolute atomic E-state index is 11.9. The first kappa shape index (κ1) is 15.0. The van der Waals surface area contributed by atoms with Crippen LogP contribution < -0.4 is 11.1 Å². The Labute approximate surface area is 114 Å². The minimum Gasteiger partial charge on any atom is -0.349 e. The minimum absolute atomic E-state index is 0.00306. The largest absolute Gasteiger partial charge is 0.349 e. The number of hydrogen-bond donors (Lipinski definition) is 2. The number of carbonyl (C=O) groups is 1. The van der Waals surface area contributed by atoms with Crippen molar-refractivity contribution in [2.75, 3.05) is 6.54 Å². The average molecular weight is 269 g/mol. The first-order valence-corrected chi connectivity index (χ1v) is 6.68. The fraction of sp³-hybridized carbons (Fsp3) is 0.500. The van der Waals surface area contributed by atoms with Gasteiger partial charge in [-0.1, -0.05) is 30.7 Å². The molecule has 100 valence electrons. The lowest BCUT2D eigenvalue weighted by molar-refractivity contribution is -0.125. The standard InChI is InChI=1S/C14H21ClN2O/c1-10(4-3-9-16)14(18)17-11(2)12-5-7-13(15)8-6-12/h5-8,10-11H,3-4,9,16H2,1-2H3,(H,17,18)/t10?,11-/m0/s1. The van der Waals surface area contributed by atoms with Crippen LogP contribution in [0.25, 0.3) is 0 Å². The molecule has 3 nitrogen and oxygen atoms in total. The molecule has 4 heteroatoms. The lowest BCUT2D eigenvalue weighted by atomic mass is 10.0. The molecule has 1 aromatic carbocycles. The van der Waals surface area contributed by atoms with E-state index in [1.807, 2.05) is 38.1 Å². The van der Waals surface area contributed by atoms with Crippen molar-refractivity contribution in [1.82, 2.24) is 5.32 Å². The summed E-state index contributed by atoms with van der Waals surface area (Å²) in [5.74, 6) is 0.0780. The van der Waals surface area contributed by atoms with Gasteiger partial charge in [0, 0.05) is 10.9 Å². The van der Waals surface area contributed by atoms with E-state index >= 15 is 0 Å². The second-order valence-electron chi connectivity index (χ2n) is 4.61. The molecule has 1 rings (SSSR count). The second kappa shape index (κ2) is 7.39. The zero-order valence-corrected chi connectivity index (χ0v) is 11.7. The fourth-order valence-electron chi connectivity index (χ4n) is 1.75. The molecule has 3 N–H and O–H groups in total. The van der Waals surface area contributed by atoms with Gasteiger partial charge < -0.3 is 11.1 Å². The molecule has 1 aromatic rings. The summed E-state index contributed by atoms with van der Waals surface area (Å²) in [6, 6.07) is 7.51. The molecule has 0 spiro atoms. The number of amides is 1. The van der Waals surface area contributed by atoms with Crippen molar-refractivity contribution in [2.45, 2.75) is 32.7 Å². The lowest BCUT2D eigenvalue weighted by Crippen LogP contribution is -2.31. The van der Waals surface area contributed by atoms with Gasteiger partial charge in [-0.05, 0) is 44.0 Å². The summed E-state index contributed by atoms with van der Waals surface area (Å²) in [5.41, 5.74) is 6.49. The van der Waals surface area contributed by atoms with E-state index in [0.717, 1.165) is 18.4 Å². The average Bonchev–Trinajstić information content (AvgIpc) is 2.36. The van der Waals surface area contributed by atoms with Gasteiger partial charge in [0.25, 0.3) is 0 Å². The molecule has 1 amide bonds. The smallest absolute Gasteiger partial charge is 0.223 e. The maximum atomic E-state index is 11.9.